The summed E-state index contributed by atoms with van der Waals surface area (Å²) in [7, 11) is 4.04. The minimum absolute atomic E-state index is 0.365. The van der Waals surface area contributed by atoms with Crippen LogP contribution in [-0.4, -0.2) is 24.8 Å². The molecule has 0 spiro atoms. The monoisotopic (exact) mass is 271 g/mol. The molecule has 1 aliphatic heterocycles. The third-order valence-corrected chi connectivity index (χ3v) is 4.42. The smallest absolute Gasteiger partial charge is 0.151 e. The van der Waals surface area contributed by atoms with E-state index in [9.17, 15) is 0 Å². The van der Waals surface area contributed by atoms with Crippen LogP contribution in [0.5, 0.6) is 0 Å². The molecule has 1 atom stereocenters. The Labute approximate surface area is 118 Å². The van der Waals surface area contributed by atoms with E-state index in [0.29, 0.717) is 6.04 Å². The molecule has 1 aromatic carbocycles. The van der Waals surface area contributed by atoms with Gasteiger partial charge in [0.15, 0.2) is 5.82 Å². The van der Waals surface area contributed by atoms with Gasteiger partial charge in [-0.15, -0.1) is 11.8 Å². The first-order valence-corrected chi connectivity index (χ1v) is 7.35. The Balaban J connectivity index is 1.88. The lowest BCUT2D eigenvalue weighted by atomic mass is 10.1. The van der Waals surface area contributed by atoms with Gasteiger partial charge in [0, 0.05) is 30.9 Å². The first-order valence-electron chi connectivity index (χ1n) is 6.36. The Morgan fingerprint density at radius 3 is 2.89 bits per heavy atom. The molecule has 3 nitrogen and oxygen atoms in total. The number of nitrogens with zero attached hydrogens (tertiary/aromatic N) is 2. The number of thioether (sulfide) groups is 1. The van der Waals surface area contributed by atoms with Crippen molar-refractivity contribution in [2.75, 3.05) is 30.1 Å². The zero-order valence-corrected chi connectivity index (χ0v) is 11.9. The van der Waals surface area contributed by atoms with Crippen LogP contribution in [0.3, 0.4) is 0 Å². The molecule has 0 amide bonds. The summed E-state index contributed by atoms with van der Waals surface area (Å²) >= 11 is 1.91. The van der Waals surface area contributed by atoms with E-state index in [-0.39, 0.29) is 0 Å². The highest BCUT2D eigenvalue weighted by Crippen LogP contribution is 2.40. The quantitative estimate of drug-likeness (QED) is 0.926. The summed E-state index contributed by atoms with van der Waals surface area (Å²) in [4.78, 5) is 7.86. The number of hydrogen-bond acceptors (Lipinski definition) is 4. The van der Waals surface area contributed by atoms with Gasteiger partial charge in [-0.1, -0.05) is 18.2 Å². The average molecular weight is 271 g/mol. The summed E-state index contributed by atoms with van der Waals surface area (Å²) in [5, 5.41) is 3.62. The predicted octanol–water partition coefficient (Wildman–Crippen LogP) is 3.41. The van der Waals surface area contributed by atoms with E-state index in [1.165, 1.54) is 10.5 Å². The fourth-order valence-corrected chi connectivity index (χ4v) is 3.50. The summed E-state index contributed by atoms with van der Waals surface area (Å²) < 4.78 is 0. The van der Waals surface area contributed by atoms with Crippen molar-refractivity contribution < 1.29 is 0 Å². The van der Waals surface area contributed by atoms with Crippen molar-refractivity contribution in [3.05, 3.63) is 48.2 Å². The van der Waals surface area contributed by atoms with Crippen molar-refractivity contribution in [2.24, 2.45) is 0 Å². The van der Waals surface area contributed by atoms with Gasteiger partial charge >= 0.3 is 0 Å². The van der Waals surface area contributed by atoms with E-state index in [0.717, 1.165) is 17.3 Å². The number of aromatic nitrogens is 1. The SMILES string of the molecule is CN(C)c1ncccc1NC1CSc2ccccc21. The number of pyridine rings is 1. The molecule has 0 radical (unpaired) electrons. The Morgan fingerprint density at radius 1 is 1.21 bits per heavy atom. The normalized spacial score (nSPS) is 17.1. The van der Waals surface area contributed by atoms with Crippen molar-refractivity contribution in [3.8, 4) is 0 Å². The van der Waals surface area contributed by atoms with Crippen molar-refractivity contribution in [2.45, 2.75) is 10.9 Å². The highest BCUT2D eigenvalue weighted by molar-refractivity contribution is 7.99. The lowest BCUT2D eigenvalue weighted by molar-refractivity contribution is 0.894. The van der Waals surface area contributed by atoms with Gasteiger partial charge in [0.1, 0.15) is 0 Å². The fraction of sp³-hybridized carbons (Fsp3) is 0.267. The number of rotatable bonds is 3. The molecule has 2 heterocycles. The zero-order chi connectivity index (χ0) is 13.2. The van der Waals surface area contributed by atoms with Crippen LogP contribution in [0, 0.1) is 0 Å². The summed E-state index contributed by atoms with van der Waals surface area (Å²) in [6, 6.07) is 13.0. The molecule has 0 aliphatic carbocycles. The summed E-state index contributed by atoms with van der Waals surface area (Å²) in [5.74, 6) is 2.05. The number of hydrogen-bond donors (Lipinski definition) is 1. The maximum absolute atomic E-state index is 4.43. The molecule has 98 valence electrons. The molecule has 1 aromatic heterocycles. The first kappa shape index (κ1) is 12.4. The van der Waals surface area contributed by atoms with E-state index >= 15 is 0 Å². The van der Waals surface area contributed by atoms with E-state index in [1.807, 2.05) is 43.0 Å². The second-order valence-electron chi connectivity index (χ2n) is 4.81. The van der Waals surface area contributed by atoms with E-state index in [2.05, 4.69) is 40.6 Å². The van der Waals surface area contributed by atoms with Gasteiger partial charge in [0.2, 0.25) is 0 Å². The first-order chi connectivity index (χ1) is 9.25. The lowest BCUT2D eigenvalue weighted by Crippen LogP contribution is -2.16. The molecule has 0 bridgehead atoms. The number of fused-ring (bicyclic) bond motifs is 1. The predicted molar refractivity (Wildman–Crippen MR) is 82.1 cm³/mol. The van der Waals surface area contributed by atoms with Crippen molar-refractivity contribution >= 4 is 23.3 Å². The zero-order valence-electron chi connectivity index (χ0n) is 11.1. The highest BCUT2D eigenvalue weighted by atomic mass is 32.2. The summed E-state index contributed by atoms with van der Waals surface area (Å²) in [6.07, 6.45) is 1.83. The molecule has 4 heteroatoms. The minimum Gasteiger partial charge on any atom is -0.374 e. The Hall–Kier alpha value is -1.68. The molecule has 0 saturated carbocycles. The van der Waals surface area contributed by atoms with Crippen molar-refractivity contribution in [3.63, 3.8) is 0 Å². The second-order valence-corrected chi connectivity index (χ2v) is 5.88. The minimum atomic E-state index is 0.365. The van der Waals surface area contributed by atoms with Crippen LogP contribution in [-0.2, 0) is 0 Å². The average Bonchev–Trinajstić information content (AvgIpc) is 2.83. The Kier molecular flexibility index (Phi) is 3.34. The van der Waals surface area contributed by atoms with Crippen LogP contribution in [0.2, 0.25) is 0 Å². The second kappa shape index (κ2) is 5.13. The van der Waals surface area contributed by atoms with Crippen molar-refractivity contribution in [1.82, 2.24) is 4.98 Å². The van der Waals surface area contributed by atoms with Crippen LogP contribution in [0.4, 0.5) is 11.5 Å². The van der Waals surface area contributed by atoms with E-state index in [4.69, 9.17) is 0 Å². The molecule has 3 rings (SSSR count). The molecular weight excluding hydrogens is 254 g/mol. The lowest BCUT2D eigenvalue weighted by Gasteiger charge is -2.20. The third-order valence-electron chi connectivity index (χ3n) is 3.24. The molecule has 2 aromatic rings. The van der Waals surface area contributed by atoms with Crippen LogP contribution >= 0.6 is 11.8 Å². The number of anilines is 2. The van der Waals surface area contributed by atoms with Crippen LogP contribution in [0.1, 0.15) is 11.6 Å². The summed E-state index contributed by atoms with van der Waals surface area (Å²) in [6.45, 7) is 0. The van der Waals surface area contributed by atoms with Gasteiger partial charge in [-0.2, -0.15) is 0 Å². The van der Waals surface area contributed by atoms with E-state index in [1.54, 1.807) is 0 Å². The maximum Gasteiger partial charge on any atom is 0.151 e. The van der Waals surface area contributed by atoms with Gasteiger partial charge in [0.05, 0.1) is 11.7 Å². The maximum atomic E-state index is 4.43. The number of benzene rings is 1. The van der Waals surface area contributed by atoms with Gasteiger partial charge in [0.25, 0.3) is 0 Å². The van der Waals surface area contributed by atoms with Gasteiger partial charge < -0.3 is 10.2 Å². The van der Waals surface area contributed by atoms with Crippen LogP contribution in [0.15, 0.2) is 47.5 Å². The van der Waals surface area contributed by atoms with E-state index < -0.39 is 0 Å². The number of nitrogens with one attached hydrogen (secondary N) is 1. The summed E-state index contributed by atoms with van der Waals surface area (Å²) in [5.41, 5.74) is 2.48. The molecule has 0 saturated heterocycles. The highest BCUT2D eigenvalue weighted by Gasteiger charge is 2.23. The molecule has 1 unspecified atom stereocenters. The van der Waals surface area contributed by atoms with Crippen LogP contribution < -0.4 is 10.2 Å². The standard InChI is InChI=1S/C15H17N3S/c1-18(2)15-12(7-5-9-16-15)17-13-10-19-14-8-4-3-6-11(13)14/h3-9,13,17H,10H2,1-2H3. The largest absolute Gasteiger partial charge is 0.374 e. The van der Waals surface area contributed by atoms with Gasteiger partial charge in [-0.3, -0.25) is 0 Å². The molecule has 1 N–H and O–H groups in total. The Bertz CT molecular complexity index is 583. The molecule has 19 heavy (non-hydrogen) atoms. The Morgan fingerprint density at radius 2 is 2.05 bits per heavy atom. The fourth-order valence-electron chi connectivity index (χ4n) is 2.34. The molecule has 1 aliphatic rings. The third kappa shape index (κ3) is 2.40. The van der Waals surface area contributed by atoms with Gasteiger partial charge in [-0.25, -0.2) is 4.98 Å². The molecular formula is C15H17N3S. The van der Waals surface area contributed by atoms with Crippen molar-refractivity contribution in [1.29, 1.82) is 0 Å². The topological polar surface area (TPSA) is 28.2 Å². The van der Waals surface area contributed by atoms with Gasteiger partial charge in [-0.05, 0) is 23.8 Å². The van der Waals surface area contributed by atoms with Crippen LogP contribution in [0.25, 0.3) is 0 Å². The molecule has 0 fully saturated rings.